The van der Waals surface area contributed by atoms with E-state index in [9.17, 15) is 27.6 Å². The maximum absolute atomic E-state index is 13.7. The van der Waals surface area contributed by atoms with Crippen LogP contribution in [0, 0.1) is 23.1 Å². The normalized spacial score (nSPS) is 19.7. The van der Waals surface area contributed by atoms with Gasteiger partial charge in [0.25, 0.3) is 0 Å². The van der Waals surface area contributed by atoms with Crippen molar-refractivity contribution >= 4 is 5.97 Å². The Hall–Kier alpha value is -2.82. The van der Waals surface area contributed by atoms with Crippen LogP contribution in [0.1, 0.15) is 49.7 Å². The second kappa shape index (κ2) is 7.90. The van der Waals surface area contributed by atoms with Crippen LogP contribution in [0.15, 0.2) is 40.7 Å². The quantitative estimate of drug-likeness (QED) is 0.553. The van der Waals surface area contributed by atoms with Crippen LogP contribution in [0.25, 0.3) is 0 Å². The van der Waals surface area contributed by atoms with Gasteiger partial charge in [-0.3, -0.25) is 0 Å². The number of nitrogens with zero attached hydrogens (tertiary/aromatic N) is 1. The number of esters is 1. The predicted octanol–water partition coefficient (Wildman–Crippen LogP) is 4.95. The van der Waals surface area contributed by atoms with Gasteiger partial charge in [0.15, 0.2) is 0 Å². The molecule has 3 rings (SSSR count). The average molecular weight is 408 g/mol. The van der Waals surface area contributed by atoms with Crippen LogP contribution >= 0.6 is 0 Å². The molecule has 0 radical (unpaired) electrons. The summed E-state index contributed by atoms with van der Waals surface area (Å²) in [5.74, 6) is -2.63. The lowest BCUT2D eigenvalue weighted by atomic mass is 9.78. The Kier molecular flexibility index (Phi) is 5.69. The number of benzene rings is 1. The molecule has 4 nitrogen and oxygen atoms in total. The Balaban J connectivity index is 2.22. The van der Waals surface area contributed by atoms with Crippen molar-refractivity contribution in [3.05, 3.63) is 57.7 Å². The van der Waals surface area contributed by atoms with E-state index in [-0.39, 0.29) is 16.7 Å². The number of nitriles is 1. The SMILES string of the molecule is COC(=O)C1=C(CCC2CC2)NC(C)=C(C#N)C1c1ccc(F)cc1C(F)(F)F. The first-order valence-electron chi connectivity index (χ1n) is 9.23. The molecule has 0 amide bonds. The van der Waals surface area contributed by atoms with Crippen LogP contribution < -0.4 is 5.32 Å². The van der Waals surface area contributed by atoms with Crippen LogP contribution in [0.4, 0.5) is 17.6 Å². The van der Waals surface area contributed by atoms with Gasteiger partial charge in [0, 0.05) is 11.4 Å². The molecule has 2 aliphatic rings. The van der Waals surface area contributed by atoms with Gasteiger partial charge in [-0.25, -0.2) is 9.18 Å². The molecule has 0 bridgehead atoms. The summed E-state index contributed by atoms with van der Waals surface area (Å²) in [6.45, 7) is 1.58. The van der Waals surface area contributed by atoms with Gasteiger partial charge in [0.2, 0.25) is 0 Å². The number of hydrogen-bond acceptors (Lipinski definition) is 4. The van der Waals surface area contributed by atoms with E-state index in [1.54, 1.807) is 6.92 Å². The Morgan fingerprint density at radius 3 is 2.59 bits per heavy atom. The van der Waals surface area contributed by atoms with Crippen LogP contribution in [0.5, 0.6) is 0 Å². The number of alkyl halides is 3. The lowest BCUT2D eigenvalue weighted by Crippen LogP contribution is -2.30. The third kappa shape index (κ3) is 4.29. The fraction of sp³-hybridized carbons (Fsp3) is 0.429. The highest BCUT2D eigenvalue weighted by Crippen LogP contribution is 2.45. The molecular weight excluding hydrogens is 388 g/mol. The molecule has 154 valence electrons. The van der Waals surface area contributed by atoms with E-state index in [1.165, 1.54) is 0 Å². The van der Waals surface area contributed by atoms with Crippen molar-refractivity contribution in [1.82, 2.24) is 5.32 Å². The van der Waals surface area contributed by atoms with Gasteiger partial charge in [0.1, 0.15) is 5.82 Å². The topological polar surface area (TPSA) is 62.1 Å². The number of carbonyl (C=O) groups is 1. The molecule has 29 heavy (non-hydrogen) atoms. The maximum Gasteiger partial charge on any atom is 0.416 e. The predicted molar refractivity (Wildman–Crippen MR) is 96.6 cm³/mol. The first kappa shape index (κ1) is 20.9. The maximum atomic E-state index is 13.7. The highest BCUT2D eigenvalue weighted by Gasteiger charge is 2.42. The second-order valence-electron chi connectivity index (χ2n) is 7.30. The van der Waals surface area contributed by atoms with Crippen molar-refractivity contribution in [2.24, 2.45) is 5.92 Å². The first-order valence-corrected chi connectivity index (χ1v) is 9.23. The lowest BCUT2D eigenvalue weighted by molar-refractivity contribution is -0.139. The van der Waals surface area contributed by atoms with Crippen molar-refractivity contribution in [1.29, 1.82) is 5.26 Å². The lowest BCUT2D eigenvalue weighted by Gasteiger charge is -2.31. The van der Waals surface area contributed by atoms with Crippen LogP contribution in [-0.4, -0.2) is 13.1 Å². The fourth-order valence-corrected chi connectivity index (χ4v) is 3.68. The molecule has 0 aromatic heterocycles. The zero-order chi connectivity index (χ0) is 21.3. The first-order chi connectivity index (χ1) is 13.7. The van der Waals surface area contributed by atoms with E-state index in [1.807, 2.05) is 6.07 Å². The number of allylic oxidation sites excluding steroid dienone is 3. The largest absolute Gasteiger partial charge is 0.466 e. The van der Waals surface area contributed by atoms with Gasteiger partial charge in [-0.05, 0) is 43.4 Å². The number of hydrogen-bond donors (Lipinski definition) is 1. The minimum absolute atomic E-state index is 0.0299. The smallest absolute Gasteiger partial charge is 0.416 e. The number of rotatable bonds is 5. The van der Waals surface area contributed by atoms with Crippen molar-refractivity contribution in [3.63, 3.8) is 0 Å². The van der Waals surface area contributed by atoms with Crippen molar-refractivity contribution in [2.75, 3.05) is 7.11 Å². The van der Waals surface area contributed by atoms with E-state index in [2.05, 4.69) is 5.32 Å². The molecule has 1 saturated carbocycles. The fourth-order valence-electron chi connectivity index (χ4n) is 3.68. The summed E-state index contributed by atoms with van der Waals surface area (Å²) >= 11 is 0. The Morgan fingerprint density at radius 1 is 1.34 bits per heavy atom. The molecule has 0 spiro atoms. The minimum atomic E-state index is -4.85. The molecule has 1 aromatic rings. The molecule has 1 unspecified atom stereocenters. The molecule has 8 heteroatoms. The zero-order valence-corrected chi connectivity index (χ0v) is 16.0. The Labute approximate surface area is 165 Å². The molecule has 1 N–H and O–H groups in total. The van der Waals surface area contributed by atoms with E-state index < -0.39 is 29.4 Å². The summed E-state index contributed by atoms with van der Waals surface area (Å²) in [6, 6.07) is 4.19. The van der Waals surface area contributed by atoms with Crippen molar-refractivity contribution in [2.45, 2.75) is 44.7 Å². The van der Waals surface area contributed by atoms with Gasteiger partial charge in [0.05, 0.1) is 35.8 Å². The number of methoxy groups -OCH3 is 1. The van der Waals surface area contributed by atoms with Gasteiger partial charge in [-0.15, -0.1) is 0 Å². The monoisotopic (exact) mass is 408 g/mol. The van der Waals surface area contributed by atoms with Crippen LogP contribution in [0.2, 0.25) is 0 Å². The second-order valence-corrected chi connectivity index (χ2v) is 7.30. The molecule has 0 saturated heterocycles. The molecule has 1 atom stereocenters. The highest BCUT2D eigenvalue weighted by molar-refractivity contribution is 5.93. The summed E-state index contributed by atoms with van der Waals surface area (Å²) in [5, 5.41) is 12.7. The number of ether oxygens (including phenoxy) is 1. The number of carbonyl (C=O) groups excluding carboxylic acids is 1. The molecule has 1 heterocycles. The van der Waals surface area contributed by atoms with Crippen LogP contribution in [0.3, 0.4) is 0 Å². The molecular formula is C21H20F4N2O2. The van der Waals surface area contributed by atoms with Crippen molar-refractivity contribution < 1.29 is 27.1 Å². The molecule has 1 aliphatic heterocycles. The summed E-state index contributed by atoms with van der Waals surface area (Å²) in [7, 11) is 1.14. The Bertz CT molecular complexity index is 937. The van der Waals surface area contributed by atoms with E-state index in [0.29, 0.717) is 29.8 Å². The van der Waals surface area contributed by atoms with Gasteiger partial charge in [-0.2, -0.15) is 18.4 Å². The van der Waals surface area contributed by atoms with Crippen LogP contribution in [-0.2, 0) is 15.7 Å². The number of dihydropyridines is 1. The highest BCUT2D eigenvalue weighted by atomic mass is 19.4. The Morgan fingerprint density at radius 2 is 2.03 bits per heavy atom. The van der Waals surface area contributed by atoms with E-state index in [0.717, 1.165) is 38.5 Å². The summed E-state index contributed by atoms with van der Waals surface area (Å²) < 4.78 is 59.5. The average Bonchev–Trinajstić information content (AvgIpc) is 3.49. The van der Waals surface area contributed by atoms with E-state index >= 15 is 0 Å². The minimum Gasteiger partial charge on any atom is -0.466 e. The van der Waals surface area contributed by atoms with E-state index in [4.69, 9.17) is 4.74 Å². The zero-order valence-electron chi connectivity index (χ0n) is 16.0. The molecule has 1 aliphatic carbocycles. The number of halogens is 4. The van der Waals surface area contributed by atoms with Crippen molar-refractivity contribution in [3.8, 4) is 6.07 Å². The third-order valence-corrected chi connectivity index (χ3v) is 5.30. The summed E-state index contributed by atoms with van der Waals surface area (Å²) in [4.78, 5) is 12.6. The summed E-state index contributed by atoms with van der Waals surface area (Å²) in [5.41, 5.74) is -0.810. The van der Waals surface area contributed by atoms with Gasteiger partial charge in [-0.1, -0.05) is 18.9 Å². The summed E-state index contributed by atoms with van der Waals surface area (Å²) in [6.07, 6.45) is -1.46. The molecule has 1 fully saturated rings. The number of nitrogens with one attached hydrogen (secondary N) is 1. The standard InChI is InChI=1S/C21H20F4N2O2/c1-11-15(10-26)18(14-7-6-13(22)9-16(14)21(23,24)25)19(20(28)29-2)17(27-11)8-5-12-3-4-12/h6-7,9,12,18,27H,3-5,8H2,1-2H3. The molecule has 1 aromatic carbocycles. The third-order valence-electron chi connectivity index (χ3n) is 5.30. The van der Waals surface area contributed by atoms with Gasteiger partial charge < -0.3 is 10.1 Å². The van der Waals surface area contributed by atoms with Gasteiger partial charge >= 0.3 is 12.1 Å².